The zero-order valence-corrected chi connectivity index (χ0v) is 9.46. The van der Waals surface area contributed by atoms with Crippen LogP contribution in [0.4, 0.5) is 0 Å². The Morgan fingerprint density at radius 2 is 2.25 bits per heavy atom. The molecule has 1 aliphatic heterocycles. The van der Waals surface area contributed by atoms with E-state index in [1.165, 1.54) is 10.2 Å². The summed E-state index contributed by atoms with van der Waals surface area (Å²) in [5, 5.41) is 12.7. The van der Waals surface area contributed by atoms with Crippen molar-refractivity contribution in [2.75, 3.05) is 20.1 Å². The molecule has 2 heterocycles. The normalized spacial score (nSPS) is 18.8. The molecule has 1 aromatic rings. The molecule has 0 spiro atoms. The van der Waals surface area contributed by atoms with Crippen LogP contribution in [0, 0.1) is 0 Å². The Bertz CT molecular complexity index is 367. The maximum absolute atomic E-state index is 10.5. The number of aliphatic carboxylic acids is 1. The van der Waals surface area contributed by atoms with E-state index in [-0.39, 0.29) is 6.54 Å². The van der Waals surface area contributed by atoms with E-state index in [0.29, 0.717) is 5.92 Å². The second kappa shape index (κ2) is 4.65. The number of carboxylic acid groups (broad SMARTS) is 1. The average Bonchev–Trinajstić information content (AvgIpc) is 2.66. The van der Waals surface area contributed by atoms with E-state index >= 15 is 0 Å². The van der Waals surface area contributed by atoms with Crippen molar-refractivity contribution in [3.05, 3.63) is 18.0 Å². The largest absolute Gasteiger partial charge is 0.480 e. The number of hydrogen-bond acceptors (Lipinski definition) is 3. The smallest absolute Gasteiger partial charge is 0.325 e. The molecule has 0 bridgehead atoms. The number of likely N-dealkylation sites (tertiary alicyclic amines) is 1. The van der Waals surface area contributed by atoms with Crippen LogP contribution in [-0.2, 0) is 11.3 Å². The molecule has 1 aliphatic rings. The summed E-state index contributed by atoms with van der Waals surface area (Å²) < 4.78 is 1.50. The molecule has 0 saturated carbocycles. The zero-order chi connectivity index (χ0) is 11.5. The maximum atomic E-state index is 10.5. The third kappa shape index (κ3) is 2.61. The fourth-order valence-corrected chi connectivity index (χ4v) is 2.16. The Kier molecular flexibility index (Phi) is 3.24. The molecule has 0 aromatic carbocycles. The fourth-order valence-electron chi connectivity index (χ4n) is 2.16. The van der Waals surface area contributed by atoms with Crippen molar-refractivity contribution in [2.24, 2.45) is 0 Å². The molecule has 0 amide bonds. The average molecular weight is 223 g/mol. The van der Waals surface area contributed by atoms with Gasteiger partial charge in [-0.3, -0.25) is 9.48 Å². The standard InChI is InChI=1S/C11H17N3O2/c1-13-4-2-9(3-5-13)10-6-12-14(7-10)8-11(15)16/h6-7,9H,2-5,8H2,1H3,(H,15,16). The number of aromatic nitrogens is 2. The number of carboxylic acids is 1. The summed E-state index contributed by atoms with van der Waals surface area (Å²) in [5.74, 6) is -0.309. The van der Waals surface area contributed by atoms with Crippen LogP contribution in [0.15, 0.2) is 12.4 Å². The van der Waals surface area contributed by atoms with Crippen molar-refractivity contribution < 1.29 is 9.90 Å². The van der Waals surface area contributed by atoms with E-state index in [9.17, 15) is 4.79 Å². The van der Waals surface area contributed by atoms with E-state index in [2.05, 4.69) is 17.0 Å². The van der Waals surface area contributed by atoms with Crippen LogP contribution >= 0.6 is 0 Å². The minimum Gasteiger partial charge on any atom is -0.480 e. The molecule has 1 aromatic heterocycles. The Labute approximate surface area is 94.7 Å². The van der Waals surface area contributed by atoms with Gasteiger partial charge in [0.15, 0.2) is 0 Å². The number of hydrogen-bond donors (Lipinski definition) is 1. The van der Waals surface area contributed by atoms with Gasteiger partial charge in [0.05, 0.1) is 6.20 Å². The lowest BCUT2D eigenvalue weighted by molar-refractivity contribution is -0.137. The molecule has 16 heavy (non-hydrogen) atoms. The second-order valence-electron chi connectivity index (χ2n) is 4.44. The van der Waals surface area contributed by atoms with Gasteiger partial charge in [-0.05, 0) is 44.5 Å². The van der Waals surface area contributed by atoms with Crippen LogP contribution < -0.4 is 0 Å². The monoisotopic (exact) mass is 223 g/mol. The van der Waals surface area contributed by atoms with E-state index in [0.717, 1.165) is 25.9 Å². The molecule has 1 saturated heterocycles. The minimum absolute atomic E-state index is 0.0490. The molecular formula is C11H17N3O2. The highest BCUT2D eigenvalue weighted by Gasteiger charge is 2.19. The highest BCUT2D eigenvalue weighted by atomic mass is 16.4. The van der Waals surface area contributed by atoms with Gasteiger partial charge >= 0.3 is 5.97 Å². The van der Waals surface area contributed by atoms with Gasteiger partial charge in [-0.2, -0.15) is 5.10 Å². The molecule has 5 nitrogen and oxygen atoms in total. The first-order valence-corrected chi connectivity index (χ1v) is 5.58. The second-order valence-corrected chi connectivity index (χ2v) is 4.44. The van der Waals surface area contributed by atoms with Crippen LogP contribution in [-0.4, -0.2) is 45.9 Å². The predicted octanol–water partition coefficient (Wildman–Crippen LogP) is 0.777. The van der Waals surface area contributed by atoms with Crippen LogP contribution in [0.3, 0.4) is 0 Å². The first kappa shape index (κ1) is 11.1. The van der Waals surface area contributed by atoms with E-state index < -0.39 is 5.97 Å². The lowest BCUT2D eigenvalue weighted by atomic mass is 9.92. The Balaban J connectivity index is 1.99. The van der Waals surface area contributed by atoms with Gasteiger partial charge in [-0.25, -0.2) is 0 Å². The van der Waals surface area contributed by atoms with E-state index in [4.69, 9.17) is 5.11 Å². The van der Waals surface area contributed by atoms with Crippen molar-refractivity contribution in [1.29, 1.82) is 0 Å². The number of rotatable bonds is 3. The molecule has 88 valence electrons. The molecule has 0 radical (unpaired) electrons. The molecule has 2 rings (SSSR count). The third-order valence-electron chi connectivity index (χ3n) is 3.14. The minimum atomic E-state index is -0.849. The molecule has 0 aliphatic carbocycles. The zero-order valence-electron chi connectivity index (χ0n) is 9.46. The molecule has 0 atom stereocenters. The quantitative estimate of drug-likeness (QED) is 0.822. The van der Waals surface area contributed by atoms with Crippen molar-refractivity contribution in [3.8, 4) is 0 Å². The van der Waals surface area contributed by atoms with Gasteiger partial charge in [0, 0.05) is 6.20 Å². The topological polar surface area (TPSA) is 58.4 Å². The highest BCUT2D eigenvalue weighted by molar-refractivity contribution is 5.66. The Hall–Kier alpha value is -1.36. The predicted molar refractivity (Wildman–Crippen MR) is 59.3 cm³/mol. The van der Waals surface area contributed by atoms with Gasteiger partial charge in [0.2, 0.25) is 0 Å². The lowest BCUT2D eigenvalue weighted by Crippen LogP contribution is -2.29. The SMILES string of the molecule is CN1CCC(c2cnn(CC(=O)O)c2)CC1. The number of carbonyl (C=O) groups is 1. The van der Waals surface area contributed by atoms with Crippen molar-refractivity contribution >= 4 is 5.97 Å². The summed E-state index contributed by atoms with van der Waals surface area (Å²) in [6, 6.07) is 0. The van der Waals surface area contributed by atoms with Crippen LogP contribution in [0.2, 0.25) is 0 Å². The Morgan fingerprint density at radius 3 is 2.88 bits per heavy atom. The van der Waals surface area contributed by atoms with Crippen LogP contribution in [0.25, 0.3) is 0 Å². The van der Waals surface area contributed by atoms with E-state index in [1.807, 2.05) is 6.20 Å². The number of nitrogens with zero attached hydrogens (tertiary/aromatic N) is 3. The Morgan fingerprint density at radius 1 is 1.56 bits per heavy atom. The lowest BCUT2D eigenvalue weighted by Gasteiger charge is -2.28. The first-order valence-electron chi connectivity index (χ1n) is 5.58. The molecule has 1 fully saturated rings. The van der Waals surface area contributed by atoms with Crippen molar-refractivity contribution in [3.63, 3.8) is 0 Å². The van der Waals surface area contributed by atoms with Crippen molar-refractivity contribution in [2.45, 2.75) is 25.3 Å². The molecule has 1 N–H and O–H groups in total. The molecular weight excluding hydrogens is 206 g/mol. The summed E-state index contributed by atoms with van der Waals surface area (Å²) in [5.41, 5.74) is 1.18. The summed E-state index contributed by atoms with van der Waals surface area (Å²) in [4.78, 5) is 12.8. The molecule has 0 unspecified atom stereocenters. The summed E-state index contributed by atoms with van der Waals surface area (Å²) in [6.07, 6.45) is 5.94. The van der Waals surface area contributed by atoms with E-state index in [1.54, 1.807) is 6.20 Å². The number of piperidine rings is 1. The van der Waals surface area contributed by atoms with Gasteiger partial charge in [0.1, 0.15) is 6.54 Å². The molecule has 5 heteroatoms. The van der Waals surface area contributed by atoms with Crippen LogP contribution in [0.1, 0.15) is 24.3 Å². The van der Waals surface area contributed by atoms with Gasteiger partial charge in [-0.1, -0.05) is 0 Å². The van der Waals surface area contributed by atoms with Crippen molar-refractivity contribution in [1.82, 2.24) is 14.7 Å². The summed E-state index contributed by atoms with van der Waals surface area (Å²) in [6.45, 7) is 2.16. The first-order chi connectivity index (χ1) is 7.65. The van der Waals surface area contributed by atoms with Gasteiger partial charge < -0.3 is 10.0 Å². The highest BCUT2D eigenvalue weighted by Crippen LogP contribution is 2.26. The maximum Gasteiger partial charge on any atom is 0.325 e. The summed E-state index contributed by atoms with van der Waals surface area (Å²) >= 11 is 0. The third-order valence-corrected chi connectivity index (χ3v) is 3.14. The fraction of sp³-hybridized carbons (Fsp3) is 0.636. The van der Waals surface area contributed by atoms with Gasteiger partial charge in [0.25, 0.3) is 0 Å². The van der Waals surface area contributed by atoms with Crippen LogP contribution in [0.5, 0.6) is 0 Å². The summed E-state index contributed by atoms with van der Waals surface area (Å²) in [7, 11) is 2.13. The van der Waals surface area contributed by atoms with Gasteiger partial charge in [-0.15, -0.1) is 0 Å².